The Labute approximate surface area is 71.4 Å². The van der Waals surface area contributed by atoms with Crippen molar-refractivity contribution in [3.63, 3.8) is 0 Å². The van der Waals surface area contributed by atoms with E-state index >= 15 is 0 Å². The molecule has 1 saturated carbocycles. The minimum atomic E-state index is 0.711. The summed E-state index contributed by atoms with van der Waals surface area (Å²) in [6.45, 7) is 11.8. The molecule has 0 bridgehead atoms. The van der Waals surface area contributed by atoms with E-state index in [4.69, 9.17) is 0 Å². The maximum absolute atomic E-state index is 2.46. The summed E-state index contributed by atoms with van der Waals surface area (Å²) in [4.78, 5) is 0. The zero-order valence-corrected chi connectivity index (χ0v) is 8.65. The molecular formula is C11H22. The molecule has 0 spiro atoms. The van der Waals surface area contributed by atoms with E-state index in [0.29, 0.717) is 5.41 Å². The maximum Gasteiger partial charge on any atom is -0.0290 e. The lowest BCUT2D eigenvalue weighted by molar-refractivity contribution is 0.350. The highest BCUT2D eigenvalue weighted by atomic mass is 14.6. The van der Waals surface area contributed by atoms with Gasteiger partial charge in [-0.05, 0) is 36.0 Å². The molecule has 0 aliphatic heterocycles. The van der Waals surface area contributed by atoms with Crippen LogP contribution in [0, 0.1) is 23.2 Å². The molecule has 1 fully saturated rings. The molecule has 1 aliphatic rings. The fraction of sp³-hybridized carbons (Fsp3) is 1.00. The van der Waals surface area contributed by atoms with Crippen molar-refractivity contribution >= 4 is 0 Å². The molecule has 0 nitrogen and oxygen atoms in total. The van der Waals surface area contributed by atoms with Crippen molar-refractivity contribution in [3.8, 4) is 0 Å². The summed E-state index contributed by atoms with van der Waals surface area (Å²) in [6, 6.07) is 0. The molecule has 1 rings (SSSR count). The molecule has 0 aromatic heterocycles. The van der Waals surface area contributed by atoms with Crippen molar-refractivity contribution in [1.82, 2.24) is 0 Å². The fourth-order valence-corrected chi connectivity index (χ4v) is 2.65. The molecule has 0 amide bonds. The van der Waals surface area contributed by atoms with Crippen molar-refractivity contribution in [2.75, 3.05) is 0 Å². The van der Waals surface area contributed by atoms with Crippen LogP contribution >= 0.6 is 0 Å². The number of hydrogen-bond acceptors (Lipinski definition) is 0. The molecule has 11 heavy (non-hydrogen) atoms. The standard InChI is InChI=1S/C11H22/c1-8(2)6-11(5)7-10(11)9(3)4/h8-10H,6-7H2,1-5H3. The van der Waals surface area contributed by atoms with Gasteiger partial charge in [0.1, 0.15) is 0 Å². The van der Waals surface area contributed by atoms with E-state index in [0.717, 1.165) is 17.8 Å². The molecule has 0 heterocycles. The van der Waals surface area contributed by atoms with Gasteiger partial charge in [-0.1, -0.05) is 34.6 Å². The second kappa shape index (κ2) is 2.80. The van der Waals surface area contributed by atoms with Crippen molar-refractivity contribution < 1.29 is 0 Å². The summed E-state index contributed by atoms with van der Waals surface area (Å²) >= 11 is 0. The van der Waals surface area contributed by atoms with Gasteiger partial charge in [0.2, 0.25) is 0 Å². The van der Waals surface area contributed by atoms with Gasteiger partial charge in [-0.25, -0.2) is 0 Å². The smallest absolute Gasteiger partial charge is 0.0290 e. The highest BCUT2D eigenvalue weighted by molar-refractivity contribution is 5.00. The van der Waals surface area contributed by atoms with Gasteiger partial charge >= 0.3 is 0 Å². The predicted octanol–water partition coefficient (Wildman–Crippen LogP) is 3.71. The summed E-state index contributed by atoms with van der Waals surface area (Å²) < 4.78 is 0. The monoisotopic (exact) mass is 154 g/mol. The minimum Gasteiger partial charge on any atom is -0.0628 e. The van der Waals surface area contributed by atoms with Gasteiger partial charge in [-0.15, -0.1) is 0 Å². The van der Waals surface area contributed by atoms with Gasteiger partial charge < -0.3 is 0 Å². The van der Waals surface area contributed by atoms with Gasteiger partial charge in [0.05, 0.1) is 0 Å². The first-order chi connectivity index (χ1) is 4.96. The normalized spacial score (nSPS) is 36.8. The first-order valence-electron chi connectivity index (χ1n) is 4.96. The van der Waals surface area contributed by atoms with Crippen LogP contribution in [0.2, 0.25) is 0 Å². The van der Waals surface area contributed by atoms with Crippen molar-refractivity contribution in [2.45, 2.75) is 47.5 Å². The van der Waals surface area contributed by atoms with Crippen LogP contribution in [-0.2, 0) is 0 Å². The number of rotatable bonds is 3. The topological polar surface area (TPSA) is 0 Å². The average Bonchev–Trinajstić information content (AvgIpc) is 2.39. The van der Waals surface area contributed by atoms with E-state index in [1.54, 1.807) is 0 Å². The van der Waals surface area contributed by atoms with Crippen molar-refractivity contribution in [3.05, 3.63) is 0 Å². The minimum absolute atomic E-state index is 0.711. The molecule has 2 unspecified atom stereocenters. The lowest BCUT2D eigenvalue weighted by Crippen LogP contribution is -2.06. The highest BCUT2D eigenvalue weighted by Gasteiger charge is 2.50. The van der Waals surface area contributed by atoms with Gasteiger partial charge in [0.25, 0.3) is 0 Å². The van der Waals surface area contributed by atoms with Crippen LogP contribution in [0.1, 0.15) is 47.5 Å². The van der Waals surface area contributed by atoms with Crippen molar-refractivity contribution in [1.29, 1.82) is 0 Å². The average molecular weight is 154 g/mol. The quantitative estimate of drug-likeness (QED) is 0.581. The molecule has 2 atom stereocenters. The SMILES string of the molecule is CC(C)CC1(C)CC1C(C)C. The first-order valence-corrected chi connectivity index (χ1v) is 4.96. The highest BCUT2D eigenvalue weighted by Crippen LogP contribution is 2.59. The summed E-state index contributed by atoms with van der Waals surface area (Å²) in [6.07, 6.45) is 2.90. The van der Waals surface area contributed by atoms with E-state index in [2.05, 4.69) is 34.6 Å². The molecule has 1 aliphatic carbocycles. The second-order valence-electron chi connectivity index (χ2n) is 5.31. The predicted molar refractivity (Wildman–Crippen MR) is 50.5 cm³/mol. The molecule has 0 N–H and O–H groups in total. The molecule has 0 radical (unpaired) electrons. The lowest BCUT2D eigenvalue weighted by Gasteiger charge is -2.15. The van der Waals surface area contributed by atoms with Crippen LogP contribution in [0.5, 0.6) is 0 Å². The molecular weight excluding hydrogens is 132 g/mol. The van der Waals surface area contributed by atoms with Crippen LogP contribution in [0.3, 0.4) is 0 Å². The van der Waals surface area contributed by atoms with Crippen LogP contribution in [-0.4, -0.2) is 0 Å². The molecule has 0 heteroatoms. The van der Waals surface area contributed by atoms with E-state index in [1.165, 1.54) is 12.8 Å². The largest absolute Gasteiger partial charge is 0.0628 e. The van der Waals surface area contributed by atoms with E-state index in [-0.39, 0.29) is 0 Å². The third kappa shape index (κ3) is 1.98. The Morgan fingerprint density at radius 3 is 2.09 bits per heavy atom. The Bertz CT molecular complexity index is 135. The van der Waals surface area contributed by atoms with Gasteiger partial charge in [-0.2, -0.15) is 0 Å². The zero-order valence-electron chi connectivity index (χ0n) is 8.65. The van der Waals surface area contributed by atoms with E-state index < -0.39 is 0 Å². The first kappa shape index (κ1) is 9.09. The van der Waals surface area contributed by atoms with Crippen LogP contribution in [0.4, 0.5) is 0 Å². The third-order valence-electron chi connectivity index (χ3n) is 3.10. The van der Waals surface area contributed by atoms with Gasteiger partial charge in [-0.3, -0.25) is 0 Å². The zero-order chi connectivity index (χ0) is 8.65. The van der Waals surface area contributed by atoms with Crippen LogP contribution < -0.4 is 0 Å². The fourth-order valence-electron chi connectivity index (χ4n) is 2.65. The molecule has 0 aromatic carbocycles. The Kier molecular flexibility index (Phi) is 2.32. The summed E-state index contributed by atoms with van der Waals surface area (Å²) in [5, 5.41) is 0. The summed E-state index contributed by atoms with van der Waals surface area (Å²) in [7, 11) is 0. The summed E-state index contributed by atoms with van der Waals surface area (Å²) in [5.74, 6) is 2.80. The van der Waals surface area contributed by atoms with E-state index in [9.17, 15) is 0 Å². The third-order valence-corrected chi connectivity index (χ3v) is 3.10. The summed E-state index contributed by atoms with van der Waals surface area (Å²) in [5.41, 5.74) is 0.711. The Morgan fingerprint density at radius 1 is 1.27 bits per heavy atom. The van der Waals surface area contributed by atoms with Gasteiger partial charge in [0.15, 0.2) is 0 Å². The Hall–Kier alpha value is 0. The van der Waals surface area contributed by atoms with Gasteiger partial charge in [0, 0.05) is 0 Å². The molecule has 0 saturated heterocycles. The molecule has 0 aromatic rings. The number of hydrogen-bond donors (Lipinski definition) is 0. The van der Waals surface area contributed by atoms with E-state index in [1.807, 2.05) is 0 Å². The maximum atomic E-state index is 2.46. The Morgan fingerprint density at radius 2 is 1.82 bits per heavy atom. The van der Waals surface area contributed by atoms with Crippen LogP contribution in [0.15, 0.2) is 0 Å². The van der Waals surface area contributed by atoms with Crippen LogP contribution in [0.25, 0.3) is 0 Å². The van der Waals surface area contributed by atoms with Crippen molar-refractivity contribution in [2.24, 2.45) is 23.2 Å². The Balaban J connectivity index is 2.36. The lowest BCUT2D eigenvalue weighted by atomic mass is 9.90. The molecule has 66 valence electrons. The second-order valence-corrected chi connectivity index (χ2v) is 5.31.